The summed E-state index contributed by atoms with van der Waals surface area (Å²) in [5.41, 5.74) is 3.95. The Balaban J connectivity index is 1.73. The van der Waals surface area contributed by atoms with Gasteiger partial charge >= 0.3 is 0 Å². The number of furan rings is 1. The summed E-state index contributed by atoms with van der Waals surface area (Å²) in [5.74, 6) is 0.283. The van der Waals surface area contributed by atoms with Crippen molar-refractivity contribution in [3.63, 3.8) is 0 Å². The molecule has 5 rings (SSSR count). The molecule has 0 saturated carbocycles. The molecule has 0 fully saturated rings. The van der Waals surface area contributed by atoms with Crippen molar-refractivity contribution in [2.75, 3.05) is 0 Å². The molecule has 1 aliphatic rings. The van der Waals surface area contributed by atoms with E-state index in [0.29, 0.717) is 39.0 Å². The molecule has 6 heteroatoms. The maximum atomic E-state index is 13.5. The summed E-state index contributed by atoms with van der Waals surface area (Å²) >= 11 is 12.6. The molecule has 0 atom stereocenters. The monoisotopic (exact) mass is 384 g/mol. The van der Waals surface area contributed by atoms with Crippen LogP contribution in [0.5, 0.6) is 0 Å². The van der Waals surface area contributed by atoms with E-state index in [4.69, 9.17) is 32.6 Å². The summed E-state index contributed by atoms with van der Waals surface area (Å²) < 4.78 is 21.4. The van der Waals surface area contributed by atoms with Crippen LogP contribution < -0.4 is 0 Å². The number of halogens is 3. The Kier molecular flexibility index (Phi) is 3.45. The van der Waals surface area contributed by atoms with E-state index in [1.807, 2.05) is 29.0 Å². The summed E-state index contributed by atoms with van der Waals surface area (Å²) in [5, 5.41) is 1.84. The van der Waals surface area contributed by atoms with Crippen LogP contribution in [0.15, 0.2) is 64.1 Å². The zero-order chi connectivity index (χ0) is 17.8. The molecule has 3 nitrogen and oxygen atoms in total. The fourth-order valence-corrected chi connectivity index (χ4v) is 3.86. The van der Waals surface area contributed by atoms with Gasteiger partial charge in [-0.05, 0) is 48.5 Å². The number of hydrogen-bond donors (Lipinski definition) is 0. The van der Waals surface area contributed by atoms with Crippen LogP contribution in [0.4, 0.5) is 4.39 Å². The number of fused-ring (bicyclic) bond motifs is 4. The first-order valence-corrected chi connectivity index (χ1v) is 8.76. The van der Waals surface area contributed by atoms with Crippen LogP contribution in [0, 0.1) is 5.82 Å². The first-order valence-electron chi connectivity index (χ1n) is 8.00. The van der Waals surface area contributed by atoms with Crippen LogP contribution in [0.1, 0.15) is 17.0 Å². The first-order chi connectivity index (χ1) is 12.6. The zero-order valence-corrected chi connectivity index (χ0v) is 14.9. The molecule has 0 radical (unpaired) electrons. The standard InChI is InChI=1S/C20H11Cl2FN2O/c21-12-8-15(22)14-10-24-20(16-2-1-5-25(16)17(14)9-12)19-7-11-6-13(23)3-4-18(11)26-19/h1-9H,10H2. The van der Waals surface area contributed by atoms with E-state index in [9.17, 15) is 4.39 Å². The van der Waals surface area contributed by atoms with Gasteiger partial charge in [0.2, 0.25) is 0 Å². The predicted octanol–water partition coefficient (Wildman–Crippen LogP) is 6.02. The number of nitrogens with zero attached hydrogens (tertiary/aromatic N) is 2. The third-order valence-electron chi connectivity index (χ3n) is 4.49. The molecule has 0 saturated heterocycles. The van der Waals surface area contributed by atoms with E-state index in [1.54, 1.807) is 18.2 Å². The Morgan fingerprint density at radius 3 is 2.85 bits per heavy atom. The van der Waals surface area contributed by atoms with Gasteiger partial charge in [-0.25, -0.2) is 4.39 Å². The topological polar surface area (TPSA) is 30.4 Å². The van der Waals surface area contributed by atoms with Gasteiger partial charge in [0.1, 0.15) is 17.1 Å². The molecule has 26 heavy (non-hydrogen) atoms. The smallest absolute Gasteiger partial charge is 0.155 e. The van der Waals surface area contributed by atoms with Crippen LogP contribution in [-0.4, -0.2) is 10.3 Å². The molecular weight excluding hydrogens is 374 g/mol. The number of aromatic nitrogens is 1. The van der Waals surface area contributed by atoms with Gasteiger partial charge in [-0.2, -0.15) is 0 Å². The molecule has 0 N–H and O–H groups in total. The quantitative estimate of drug-likeness (QED) is 0.394. The third kappa shape index (κ3) is 2.37. The second-order valence-corrected chi connectivity index (χ2v) is 6.95. The molecule has 4 aromatic rings. The second kappa shape index (κ2) is 5.73. The number of benzene rings is 2. The van der Waals surface area contributed by atoms with Gasteiger partial charge in [0.15, 0.2) is 5.76 Å². The SMILES string of the molecule is Fc1ccc2oc(C3=NCc4c(Cl)cc(Cl)cc4-n4cccc43)cc2c1. The molecule has 2 aromatic heterocycles. The highest BCUT2D eigenvalue weighted by Crippen LogP contribution is 2.33. The van der Waals surface area contributed by atoms with Crippen molar-refractivity contribution in [2.45, 2.75) is 6.54 Å². The van der Waals surface area contributed by atoms with Crippen LogP contribution in [0.25, 0.3) is 16.7 Å². The van der Waals surface area contributed by atoms with E-state index in [0.717, 1.165) is 16.9 Å². The lowest BCUT2D eigenvalue weighted by molar-refractivity contribution is 0.600. The Hall–Kier alpha value is -2.56. The molecule has 0 bridgehead atoms. The lowest BCUT2D eigenvalue weighted by Gasteiger charge is -2.12. The van der Waals surface area contributed by atoms with Crippen molar-refractivity contribution in [3.8, 4) is 5.69 Å². The van der Waals surface area contributed by atoms with E-state index >= 15 is 0 Å². The lowest BCUT2D eigenvalue weighted by Crippen LogP contribution is -2.07. The average Bonchev–Trinajstić information content (AvgIpc) is 3.20. The fourth-order valence-electron chi connectivity index (χ4n) is 3.32. The summed E-state index contributed by atoms with van der Waals surface area (Å²) in [6.45, 7) is 0.397. The van der Waals surface area contributed by atoms with Gasteiger partial charge in [0.25, 0.3) is 0 Å². The van der Waals surface area contributed by atoms with Crippen molar-refractivity contribution in [3.05, 3.63) is 87.6 Å². The van der Waals surface area contributed by atoms with Gasteiger partial charge in [-0.15, -0.1) is 0 Å². The molecule has 0 spiro atoms. The largest absolute Gasteiger partial charge is 0.454 e. The molecule has 0 aliphatic carbocycles. The van der Waals surface area contributed by atoms with Crippen molar-refractivity contribution in [1.82, 2.24) is 4.57 Å². The normalized spacial score (nSPS) is 13.3. The first kappa shape index (κ1) is 15.7. The van der Waals surface area contributed by atoms with Gasteiger partial charge in [-0.3, -0.25) is 4.99 Å². The second-order valence-electron chi connectivity index (χ2n) is 6.11. The molecule has 0 amide bonds. The minimum absolute atomic E-state index is 0.301. The molecule has 2 aromatic carbocycles. The van der Waals surface area contributed by atoms with Crippen LogP contribution in [-0.2, 0) is 6.54 Å². The van der Waals surface area contributed by atoms with Crippen molar-refractivity contribution in [1.29, 1.82) is 0 Å². The van der Waals surface area contributed by atoms with Gasteiger partial charge in [0, 0.05) is 27.2 Å². The Labute approximate surface area is 158 Å². The summed E-state index contributed by atoms with van der Waals surface area (Å²) in [6, 6.07) is 13.7. The lowest BCUT2D eigenvalue weighted by atomic mass is 10.1. The average molecular weight is 385 g/mol. The van der Waals surface area contributed by atoms with Crippen LogP contribution in [0.3, 0.4) is 0 Å². The number of hydrogen-bond acceptors (Lipinski definition) is 2. The van der Waals surface area contributed by atoms with E-state index in [2.05, 4.69) is 0 Å². The minimum Gasteiger partial charge on any atom is -0.454 e. The number of rotatable bonds is 1. The Bertz CT molecular complexity index is 1210. The predicted molar refractivity (Wildman–Crippen MR) is 101 cm³/mol. The minimum atomic E-state index is -0.301. The summed E-state index contributed by atoms with van der Waals surface area (Å²) in [6.07, 6.45) is 1.93. The Morgan fingerprint density at radius 1 is 1.08 bits per heavy atom. The number of aliphatic imine (C=N–C) groups is 1. The zero-order valence-electron chi connectivity index (χ0n) is 13.3. The van der Waals surface area contributed by atoms with Gasteiger partial charge in [-0.1, -0.05) is 23.2 Å². The molecule has 1 aliphatic heterocycles. The highest BCUT2D eigenvalue weighted by molar-refractivity contribution is 6.35. The fraction of sp³-hybridized carbons (Fsp3) is 0.0500. The van der Waals surface area contributed by atoms with Crippen molar-refractivity contribution < 1.29 is 8.81 Å². The van der Waals surface area contributed by atoms with E-state index in [1.165, 1.54) is 12.1 Å². The van der Waals surface area contributed by atoms with Gasteiger partial charge < -0.3 is 8.98 Å². The highest BCUT2D eigenvalue weighted by Gasteiger charge is 2.22. The van der Waals surface area contributed by atoms with E-state index in [-0.39, 0.29) is 5.82 Å². The molecule has 0 unspecified atom stereocenters. The molecule has 128 valence electrons. The van der Waals surface area contributed by atoms with Crippen LogP contribution >= 0.6 is 23.2 Å². The maximum Gasteiger partial charge on any atom is 0.155 e. The van der Waals surface area contributed by atoms with Gasteiger partial charge in [0.05, 0.1) is 17.9 Å². The third-order valence-corrected chi connectivity index (χ3v) is 5.05. The summed E-state index contributed by atoms with van der Waals surface area (Å²) in [7, 11) is 0. The highest BCUT2D eigenvalue weighted by atomic mass is 35.5. The molecular formula is C20H11Cl2FN2O. The van der Waals surface area contributed by atoms with Crippen molar-refractivity contribution >= 4 is 39.9 Å². The maximum absolute atomic E-state index is 13.5. The van der Waals surface area contributed by atoms with E-state index < -0.39 is 0 Å². The summed E-state index contributed by atoms with van der Waals surface area (Å²) in [4.78, 5) is 4.74. The van der Waals surface area contributed by atoms with Crippen LogP contribution in [0.2, 0.25) is 10.0 Å². The molecule has 3 heterocycles. The Morgan fingerprint density at radius 2 is 1.96 bits per heavy atom. The van der Waals surface area contributed by atoms with Crippen molar-refractivity contribution in [2.24, 2.45) is 4.99 Å².